The number of hydrogen-bond donors (Lipinski definition) is 0. The van der Waals surface area contributed by atoms with Gasteiger partial charge in [-0.1, -0.05) is 6.07 Å². The Kier molecular flexibility index (Phi) is 5.50. The molecule has 2 aliphatic heterocycles. The molecule has 0 radical (unpaired) electrons. The number of pyridine rings is 1. The first-order valence-electron chi connectivity index (χ1n) is 11.2. The number of hydrogen-bond acceptors (Lipinski definition) is 5. The number of halogens is 3. The summed E-state index contributed by atoms with van der Waals surface area (Å²) < 4.78 is 50.2. The average Bonchev–Trinajstić information content (AvgIpc) is 3.39. The van der Waals surface area contributed by atoms with E-state index in [-0.39, 0.29) is 29.9 Å². The van der Waals surface area contributed by atoms with Gasteiger partial charge in [0.15, 0.2) is 0 Å². The summed E-state index contributed by atoms with van der Waals surface area (Å²) in [5, 5.41) is 0. The second kappa shape index (κ2) is 8.35. The topological polar surface area (TPSA) is 64.0 Å². The molecule has 1 aromatic carbocycles. The minimum Gasteiger partial charge on any atom is -0.493 e. The first-order chi connectivity index (χ1) is 15.8. The summed E-state index contributed by atoms with van der Waals surface area (Å²) in [4.78, 5) is 23.9. The van der Waals surface area contributed by atoms with Crippen molar-refractivity contribution >= 4 is 17.8 Å². The Balaban J connectivity index is 1.38. The van der Waals surface area contributed by atoms with Crippen molar-refractivity contribution in [3.63, 3.8) is 0 Å². The van der Waals surface area contributed by atoms with Crippen LogP contribution in [0.1, 0.15) is 47.7 Å². The quantitative estimate of drug-likeness (QED) is 0.643. The molecule has 2 fully saturated rings. The van der Waals surface area contributed by atoms with Crippen molar-refractivity contribution in [1.29, 1.82) is 0 Å². The minimum absolute atomic E-state index is 0.129. The molecular weight excluding hydrogens is 435 g/mol. The number of carbonyl (C=O) groups excluding carboxylic acids is 1. The molecule has 3 aliphatic rings. The zero-order chi connectivity index (χ0) is 23.2. The van der Waals surface area contributed by atoms with E-state index in [9.17, 15) is 18.0 Å². The second-order valence-corrected chi connectivity index (χ2v) is 8.63. The third-order valence-corrected chi connectivity index (χ3v) is 6.52. The van der Waals surface area contributed by atoms with Crippen molar-refractivity contribution in [2.24, 2.45) is 10.9 Å². The number of amides is 1. The van der Waals surface area contributed by atoms with Crippen LogP contribution >= 0.6 is 0 Å². The SMILES string of the molecule is CCOc1ccc2c(c1C(=O)N1CC3CC(Oc4ccc(C(F)(F)F)cn4)C1C3)N=CCC2. The number of fused-ring (bicyclic) bond motifs is 3. The Labute approximate surface area is 189 Å². The van der Waals surface area contributed by atoms with E-state index < -0.39 is 11.7 Å². The van der Waals surface area contributed by atoms with Crippen molar-refractivity contribution in [3.8, 4) is 11.6 Å². The van der Waals surface area contributed by atoms with Gasteiger partial charge < -0.3 is 14.4 Å². The number of benzene rings is 1. The highest BCUT2D eigenvalue weighted by Crippen LogP contribution is 2.43. The molecule has 9 heteroatoms. The molecule has 5 rings (SSSR count). The van der Waals surface area contributed by atoms with Gasteiger partial charge in [0.05, 0.1) is 23.9 Å². The van der Waals surface area contributed by atoms with Crippen molar-refractivity contribution < 1.29 is 27.4 Å². The van der Waals surface area contributed by atoms with E-state index in [0.717, 1.165) is 43.5 Å². The van der Waals surface area contributed by atoms with E-state index in [1.54, 1.807) is 0 Å². The fourth-order valence-electron chi connectivity index (χ4n) is 5.07. The van der Waals surface area contributed by atoms with Crippen LogP contribution in [-0.2, 0) is 12.6 Å². The lowest BCUT2D eigenvalue weighted by molar-refractivity contribution is -0.137. The van der Waals surface area contributed by atoms with Gasteiger partial charge in [0, 0.05) is 25.0 Å². The van der Waals surface area contributed by atoms with Crippen LogP contribution in [0.25, 0.3) is 0 Å². The number of alkyl halides is 3. The number of aryl methyl sites for hydroxylation is 1. The standard InChI is InChI=1S/C24H24F3N3O3/c1-2-32-18-7-5-15-4-3-9-28-22(15)21(18)23(31)30-13-14-10-17(30)19(11-14)33-20-8-6-16(12-29-20)24(25,26)27/h5-9,12,14,17,19H,2-4,10-11,13H2,1H3. The van der Waals surface area contributed by atoms with Gasteiger partial charge in [-0.3, -0.25) is 9.79 Å². The van der Waals surface area contributed by atoms with E-state index in [1.165, 1.54) is 6.07 Å². The van der Waals surface area contributed by atoms with Crippen molar-refractivity contribution in [2.45, 2.75) is 50.9 Å². The third-order valence-electron chi connectivity index (χ3n) is 6.52. The van der Waals surface area contributed by atoms with Crippen LogP contribution in [0.3, 0.4) is 0 Å². The molecule has 1 saturated carbocycles. The Hall–Kier alpha value is -3.10. The van der Waals surface area contributed by atoms with Gasteiger partial charge in [0.1, 0.15) is 17.4 Å². The Morgan fingerprint density at radius 2 is 2.06 bits per heavy atom. The van der Waals surface area contributed by atoms with Crippen LogP contribution in [0, 0.1) is 5.92 Å². The van der Waals surface area contributed by atoms with Gasteiger partial charge in [-0.2, -0.15) is 13.2 Å². The maximum Gasteiger partial charge on any atom is 0.417 e. The minimum atomic E-state index is -4.45. The highest BCUT2D eigenvalue weighted by molar-refractivity contribution is 6.03. The van der Waals surface area contributed by atoms with E-state index in [2.05, 4.69) is 9.98 Å². The van der Waals surface area contributed by atoms with Gasteiger partial charge in [-0.05, 0) is 56.2 Å². The molecule has 1 aromatic heterocycles. The van der Waals surface area contributed by atoms with Crippen LogP contribution in [0.2, 0.25) is 0 Å². The van der Waals surface area contributed by atoms with Gasteiger partial charge in [-0.15, -0.1) is 0 Å². The lowest BCUT2D eigenvalue weighted by atomic mass is 9.98. The van der Waals surface area contributed by atoms with Crippen LogP contribution in [-0.4, -0.2) is 47.3 Å². The number of aliphatic imine (C=N–C) groups is 1. The number of ether oxygens (including phenoxy) is 2. The highest BCUT2D eigenvalue weighted by Gasteiger charge is 2.49. The number of likely N-dealkylation sites (tertiary alicyclic amines) is 1. The maximum absolute atomic E-state index is 13.7. The van der Waals surface area contributed by atoms with Crippen LogP contribution in [0.5, 0.6) is 11.6 Å². The molecule has 1 saturated heterocycles. The zero-order valence-corrected chi connectivity index (χ0v) is 18.1. The number of rotatable bonds is 5. The molecule has 1 aliphatic carbocycles. The Morgan fingerprint density at radius 1 is 1.21 bits per heavy atom. The average molecular weight is 459 g/mol. The number of aromatic nitrogens is 1. The summed E-state index contributed by atoms with van der Waals surface area (Å²) in [6.07, 6.45) is 1.01. The molecule has 2 bridgehead atoms. The highest BCUT2D eigenvalue weighted by atomic mass is 19.4. The molecule has 2 aromatic rings. The molecule has 174 valence electrons. The number of carbonyl (C=O) groups is 1. The first kappa shape index (κ1) is 21.7. The summed E-state index contributed by atoms with van der Waals surface area (Å²) in [5.41, 5.74) is 1.35. The van der Waals surface area contributed by atoms with E-state index in [4.69, 9.17) is 9.47 Å². The molecule has 3 atom stereocenters. The monoisotopic (exact) mass is 459 g/mol. The zero-order valence-electron chi connectivity index (χ0n) is 18.1. The second-order valence-electron chi connectivity index (χ2n) is 8.63. The van der Waals surface area contributed by atoms with E-state index in [1.807, 2.05) is 30.2 Å². The van der Waals surface area contributed by atoms with Gasteiger partial charge in [-0.25, -0.2) is 4.98 Å². The summed E-state index contributed by atoms with van der Waals surface area (Å²) >= 11 is 0. The largest absolute Gasteiger partial charge is 0.493 e. The molecule has 6 nitrogen and oxygen atoms in total. The lowest BCUT2D eigenvalue weighted by Crippen LogP contribution is -2.47. The molecule has 1 amide bonds. The van der Waals surface area contributed by atoms with Crippen LogP contribution in [0.4, 0.5) is 18.9 Å². The number of nitrogens with zero attached hydrogens (tertiary/aromatic N) is 3. The fourth-order valence-corrected chi connectivity index (χ4v) is 5.07. The summed E-state index contributed by atoms with van der Waals surface area (Å²) in [5.74, 6) is 0.780. The summed E-state index contributed by atoms with van der Waals surface area (Å²) in [6, 6.07) is 5.82. The Morgan fingerprint density at radius 3 is 2.76 bits per heavy atom. The molecular formula is C24H24F3N3O3. The van der Waals surface area contributed by atoms with Crippen molar-refractivity contribution in [1.82, 2.24) is 9.88 Å². The van der Waals surface area contributed by atoms with Crippen molar-refractivity contribution in [2.75, 3.05) is 13.2 Å². The van der Waals surface area contributed by atoms with Gasteiger partial charge in [0.25, 0.3) is 5.91 Å². The van der Waals surface area contributed by atoms with E-state index >= 15 is 0 Å². The van der Waals surface area contributed by atoms with Gasteiger partial charge in [0.2, 0.25) is 5.88 Å². The number of piperidine rings is 1. The smallest absolute Gasteiger partial charge is 0.417 e. The molecule has 33 heavy (non-hydrogen) atoms. The first-order valence-corrected chi connectivity index (χ1v) is 11.2. The molecule has 0 spiro atoms. The summed E-state index contributed by atoms with van der Waals surface area (Å²) in [6.45, 7) is 2.92. The molecule has 3 heterocycles. The Bertz CT molecular complexity index is 1080. The molecule has 0 N–H and O–H groups in total. The van der Waals surface area contributed by atoms with Crippen molar-refractivity contribution in [3.05, 3.63) is 47.2 Å². The van der Waals surface area contributed by atoms with Crippen LogP contribution < -0.4 is 9.47 Å². The van der Waals surface area contributed by atoms with Gasteiger partial charge >= 0.3 is 6.18 Å². The van der Waals surface area contributed by atoms with E-state index in [0.29, 0.717) is 30.2 Å². The van der Waals surface area contributed by atoms with Crippen LogP contribution in [0.15, 0.2) is 35.5 Å². The molecule has 3 unspecified atom stereocenters. The fraction of sp³-hybridized carbons (Fsp3) is 0.458. The predicted molar refractivity (Wildman–Crippen MR) is 115 cm³/mol. The summed E-state index contributed by atoms with van der Waals surface area (Å²) in [7, 11) is 0. The maximum atomic E-state index is 13.7. The lowest BCUT2D eigenvalue weighted by Gasteiger charge is -2.34. The third kappa shape index (κ3) is 4.05. The predicted octanol–water partition coefficient (Wildman–Crippen LogP) is 4.83. The normalized spacial score (nSPS) is 23.5.